The summed E-state index contributed by atoms with van der Waals surface area (Å²) >= 11 is 0. The summed E-state index contributed by atoms with van der Waals surface area (Å²) in [6.45, 7) is 4.16. The largest absolute Gasteiger partial charge is 0.348 e. The summed E-state index contributed by atoms with van der Waals surface area (Å²) in [5.41, 5.74) is 1.73. The van der Waals surface area contributed by atoms with Crippen molar-refractivity contribution in [2.24, 2.45) is 0 Å². The number of nitrogens with zero attached hydrogens (tertiary/aromatic N) is 1. The van der Waals surface area contributed by atoms with E-state index in [-0.39, 0.29) is 5.78 Å². The second-order valence-electron chi connectivity index (χ2n) is 4.39. The quantitative estimate of drug-likeness (QED) is 0.818. The Kier molecular flexibility index (Phi) is 3.38. The van der Waals surface area contributed by atoms with E-state index in [9.17, 15) is 4.79 Å². The molecular weight excluding hydrogens is 212 g/mol. The zero-order valence-electron chi connectivity index (χ0n) is 10.1. The van der Waals surface area contributed by atoms with Crippen LogP contribution < -0.4 is 0 Å². The van der Waals surface area contributed by atoms with E-state index in [4.69, 9.17) is 0 Å². The Morgan fingerprint density at radius 2 is 2.00 bits per heavy atom. The molecule has 2 rings (SSSR count). The predicted octanol–water partition coefficient (Wildman–Crippen LogP) is 2.96. The van der Waals surface area contributed by atoms with Gasteiger partial charge in [-0.05, 0) is 5.92 Å². The van der Waals surface area contributed by atoms with Gasteiger partial charge in [0, 0.05) is 11.8 Å². The standard InChI is InChI=1S/C14H16N2O/c1-10(2)12-9-15-14(16-12)8-13(17)11-6-4-3-5-7-11/h3-7,9-10H,8H2,1-2H3,(H,15,16). The number of carbonyl (C=O) groups is 1. The number of aromatic nitrogens is 2. The van der Waals surface area contributed by atoms with E-state index in [1.54, 1.807) is 0 Å². The van der Waals surface area contributed by atoms with Crippen molar-refractivity contribution in [3.8, 4) is 0 Å². The SMILES string of the molecule is CC(C)c1c[nH]c(CC(=O)c2ccccc2)n1. The van der Waals surface area contributed by atoms with Crippen molar-refractivity contribution in [2.45, 2.75) is 26.2 Å². The summed E-state index contributed by atoms with van der Waals surface area (Å²) in [5, 5.41) is 0. The average molecular weight is 228 g/mol. The highest BCUT2D eigenvalue weighted by Gasteiger charge is 2.10. The van der Waals surface area contributed by atoms with Crippen molar-refractivity contribution in [3.05, 3.63) is 53.6 Å². The van der Waals surface area contributed by atoms with Gasteiger partial charge in [-0.1, -0.05) is 44.2 Å². The van der Waals surface area contributed by atoms with Crippen LogP contribution in [0.15, 0.2) is 36.5 Å². The Morgan fingerprint density at radius 3 is 2.59 bits per heavy atom. The molecule has 88 valence electrons. The van der Waals surface area contributed by atoms with Gasteiger partial charge >= 0.3 is 0 Å². The zero-order valence-corrected chi connectivity index (χ0v) is 10.1. The van der Waals surface area contributed by atoms with Crippen LogP contribution in [-0.4, -0.2) is 15.8 Å². The number of hydrogen-bond acceptors (Lipinski definition) is 2. The Balaban J connectivity index is 2.08. The molecule has 0 atom stereocenters. The fourth-order valence-corrected chi connectivity index (χ4v) is 1.64. The van der Waals surface area contributed by atoms with E-state index >= 15 is 0 Å². The first-order valence-corrected chi connectivity index (χ1v) is 5.79. The molecular formula is C14H16N2O. The van der Waals surface area contributed by atoms with Gasteiger partial charge in [0.25, 0.3) is 0 Å². The van der Waals surface area contributed by atoms with Gasteiger partial charge in [0.15, 0.2) is 5.78 Å². The van der Waals surface area contributed by atoms with Crippen molar-refractivity contribution >= 4 is 5.78 Å². The normalized spacial score (nSPS) is 10.8. The Morgan fingerprint density at radius 1 is 1.29 bits per heavy atom. The summed E-state index contributed by atoms with van der Waals surface area (Å²) in [7, 11) is 0. The molecule has 1 aromatic carbocycles. The maximum atomic E-state index is 11.9. The van der Waals surface area contributed by atoms with Gasteiger partial charge in [0.2, 0.25) is 0 Å². The van der Waals surface area contributed by atoms with Crippen LogP contribution in [0.25, 0.3) is 0 Å². The fourth-order valence-electron chi connectivity index (χ4n) is 1.64. The van der Waals surface area contributed by atoms with Gasteiger partial charge in [0.1, 0.15) is 5.82 Å². The fraction of sp³-hybridized carbons (Fsp3) is 0.286. The topological polar surface area (TPSA) is 45.8 Å². The molecule has 3 heteroatoms. The molecule has 0 fully saturated rings. The molecule has 0 saturated heterocycles. The number of rotatable bonds is 4. The molecule has 0 aliphatic heterocycles. The van der Waals surface area contributed by atoms with Gasteiger partial charge < -0.3 is 4.98 Å². The summed E-state index contributed by atoms with van der Waals surface area (Å²) < 4.78 is 0. The van der Waals surface area contributed by atoms with Crippen LogP contribution in [0.4, 0.5) is 0 Å². The molecule has 0 amide bonds. The minimum Gasteiger partial charge on any atom is -0.348 e. The molecule has 3 nitrogen and oxygen atoms in total. The molecule has 0 aliphatic rings. The third-order valence-corrected chi connectivity index (χ3v) is 2.67. The minimum atomic E-state index is 0.0928. The van der Waals surface area contributed by atoms with E-state index in [1.807, 2.05) is 36.5 Å². The first-order chi connectivity index (χ1) is 8.16. The molecule has 0 spiro atoms. The highest BCUT2D eigenvalue weighted by molar-refractivity contribution is 5.97. The van der Waals surface area contributed by atoms with Gasteiger partial charge in [-0.25, -0.2) is 4.98 Å². The number of nitrogens with one attached hydrogen (secondary N) is 1. The number of Topliss-reactive ketones (excluding diaryl/α,β-unsaturated/α-hetero) is 1. The van der Waals surface area contributed by atoms with Crippen LogP contribution in [0, 0.1) is 0 Å². The lowest BCUT2D eigenvalue weighted by molar-refractivity contribution is 0.0991. The lowest BCUT2D eigenvalue weighted by Crippen LogP contribution is -2.04. The smallest absolute Gasteiger partial charge is 0.170 e. The molecule has 0 aliphatic carbocycles. The summed E-state index contributed by atoms with van der Waals surface area (Å²) in [5.74, 6) is 1.21. The second-order valence-corrected chi connectivity index (χ2v) is 4.39. The molecule has 1 heterocycles. The molecule has 2 aromatic rings. The number of carbonyl (C=O) groups excluding carboxylic acids is 1. The Labute approximate surface area is 101 Å². The van der Waals surface area contributed by atoms with E-state index in [1.165, 1.54) is 0 Å². The van der Waals surface area contributed by atoms with Crippen molar-refractivity contribution in [1.82, 2.24) is 9.97 Å². The first-order valence-electron chi connectivity index (χ1n) is 5.79. The highest BCUT2D eigenvalue weighted by atomic mass is 16.1. The van der Waals surface area contributed by atoms with Crippen LogP contribution >= 0.6 is 0 Å². The number of H-pyrrole nitrogens is 1. The summed E-state index contributed by atoms with van der Waals surface area (Å²) in [4.78, 5) is 19.4. The average Bonchev–Trinajstić information content (AvgIpc) is 2.79. The van der Waals surface area contributed by atoms with E-state index in [2.05, 4.69) is 23.8 Å². The van der Waals surface area contributed by atoms with Gasteiger partial charge in [-0.15, -0.1) is 0 Å². The molecule has 0 unspecified atom stereocenters. The monoisotopic (exact) mass is 228 g/mol. The number of hydrogen-bond donors (Lipinski definition) is 1. The third kappa shape index (κ3) is 2.81. The van der Waals surface area contributed by atoms with E-state index in [0.29, 0.717) is 12.3 Å². The highest BCUT2D eigenvalue weighted by Crippen LogP contribution is 2.12. The first kappa shape index (κ1) is 11.6. The third-order valence-electron chi connectivity index (χ3n) is 2.67. The Bertz CT molecular complexity index is 500. The molecule has 17 heavy (non-hydrogen) atoms. The van der Waals surface area contributed by atoms with Crippen LogP contribution in [-0.2, 0) is 6.42 Å². The zero-order chi connectivity index (χ0) is 12.3. The van der Waals surface area contributed by atoms with Gasteiger partial charge in [-0.2, -0.15) is 0 Å². The second kappa shape index (κ2) is 4.95. The molecule has 0 saturated carbocycles. The van der Waals surface area contributed by atoms with Crippen LogP contribution in [0.2, 0.25) is 0 Å². The Hall–Kier alpha value is -1.90. The lowest BCUT2D eigenvalue weighted by atomic mass is 10.1. The minimum absolute atomic E-state index is 0.0928. The predicted molar refractivity (Wildman–Crippen MR) is 67.2 cm³/mol. The molecule has 0 radical (unpaired) electrons. The molecule has 0 bridgehead atoms. The van der Waals surface area contributed by atoms with Crippen molar-refractivity contribution in [2.75, 3.05) is 0 Å². The van der Waals surface area contributed by atoms with Crippen molar-refractivity contribution in [1.29, 1.82) is 0 Å². The maximum Gasteiger partial charge on any atom is 0.170 e. The lowest BCUT2D eigenvalue weighted by Gasteiger charge is -1.98. The molecule has 1 aromatic heterocycles. The van der Waals surface area contributed by atoms with Gasteiger partial charge in [0.05, 0.1) is 12.1 Å². The summed E-state index contributed by atoms with van der Waals surface area (Å²) in [6.07, 6.45) is 2.20. The molecule has 1 N–H and O–H groups in total. The van der Waals surface area contributed by atoms with Crippen LogP contribution in [0.5, 0.6) is 0 Å². The van der Waals surface area contributed by atoms with Crippen LogP contribution in [0.3, 0.4) is 0 Å². The van der Waals surface area contributed by atoms with Gasteiger partial charge in [-0.3, -0.25) is 4.79 Å². The van der Waals surface area contributed by atoms with Crippen LogP contribution in [0.1, 0.15) is 41.6 Å². The number of imidazole rings is 1. The van der Waals surface area contributed by atoms with E-state index in [0.717, 1.165) is 17.1 Å². The van der Waals surface area contributed by atoms with Crippen molar-refractivity contribution < 1.29 is 4.79 Å². The number of benzene rings is 1. The number of aromatic amines is 1. The van der Waals surface area contributed by atoms with E-state index < -0.39 is 0 Å². The number of ketones is 1. The van der Waals surface area contributed by atoms with Crippen molar-refractivity contribution in [3.63, 3.8) is 0 Å². The summed E-state index contributed by atoms with van der Waals surface area (Å²) in [6, 6.07) is 9.30. The maximum absolute atomic E-state index is 11.9.